The molecule has 0 saturated carbocycles. The molecule has 0 aliphatic carbocycles. The second-order valence-electron chi connectivity index (χ2n) is 4.87. The minimum atomic E-state index is -3.98. The third kappa shape index (κ3) is 4.36. The summed E-state index contributed by atoms with van der Waals surface area (Å²) < 4.78 is 32.0. The van der Waals surface area contributed by atoms with E-state index in [4.69, 9.17) is 10.6 Å². The number of hydrogen-bond donors (Lipinski definition) is 3. The van der Waals surface area contributed by atoms with Crippen molar-refractivity contribution < 1.29 is 18.1 Å². The number of anilines is 1. The monoisotopic (exact) mass is 318 g/mol. The molecule has 10 heteroatoms. The smallest absolute Gasteiger partial charge is 0.270 e. The Balaban J connectivity index is 3.17. The number of nitrogens with two attached hydrogens (primary N) is 1. The molecule has 0 bridgehead atoms. The number of benzene rings is 1. The van der Waals surface area contributed by atoms with E-state index in [1.807, 2.05) is 0 Å². The van der Waals surface area contributed by atoms with Gasteiger partial charge in [-0.05, 0) is 19.9 Å². The Bertz CT molecular complexity index is 630. The van der Waals surface area contributed by atoms with Crippen molar-refractivity contribution in [3.63, 3.8) is 0 Å². The van der Waals surface area contributed by atoms with Crippen LogP contribution in [0.25, 0.3) is 0 Å². The Hall–Kier alpha value is -1.75. The molecule has 1 aromatic carbocycles. The highest BCUT2D eigenvalue weighted by Crippen LogP contribution is 2.25. The van der Waals surface area contributed by atoms with Gasteiger partial charge in [0.1, 0.15) is 4.90 Å². The number of nitro groups is 1. The fourth-order valence-corrected chi connectivity index (χ4v) is 2.77. The molecule has 0 aliphatic heterocycles. The summed E-state index contributed by atoms with van der Waals surface area (Å²) in [6, 6.07) is 3.33. The maximum absolute atomic E-state index is 12.3. The van der Waals surface area contributed by atoms with Crippen molar-refractivity contribution in [3.8, 4) is 0 Å². The molecule has 0 aliphatic rings. The van der Waals surface area contributed by atoms with Gasteiger partial charge in [0, 0.05) is 25.8 Å². The standard InChI is InChI=1S/C11H18N4O5S/c1-11(2,20-3)7-13-21(18,19)10-6-8(15(16)17)4-5-9(10)14-12/h4-6,13-14H,7,12H2,1-3H3. The summed E-state index contributed by atoms with van der Waals surface area (Å²) in [5.41, 5.74) is 1.20. The van der Waals surface area contributed by atoms with Gasteiger partial charge in [-0.1, -0.05) is 0 Å². The van der Waals surface area contributed by atoms with E-state index < -0.39 is 20.5 Å². The minimum absolute atomic E-state index is 0.00145. The molecule has 0 spiro atoms. The molecule has 0 amide bonds. The van der Waals surface area contributed by atoms with Crippen LogP contribution in [0.15, 0.2) is 23.1 Å². The van der Waals surface area contributed by atoms with Gasteiger partial charge in [-0.2, -0.15) is 0 Å². The van der Waals surface area contributed by atoms with Crippen molar-refractivity contribution in [3.05, 3.63) is 28.3 Å². The van der Waals surface area contributed by atoms with E-state index in [0.717, 1.165) is 12.1 Å². The molecule has 0 radical (unpaired) electrons. The van der Waals surface area contributed by atoms with Crippen molar-refractivity contribution in [2.45, 2.75) is 24.3 Å². The fourth-order valence-electron chi connectivity index (χ4n) is 1.38. The summed E-state index contributed by atoms with van der Waals surface area (Å²) in [6.45, 7) is 3.40. The Morgan fingerprint density at radius 1 is 1.43 bits per heavy atom. The van der Waals surface area contributed by atoms with Crippen LogP contribution in [0.3, 0.4) is 0 Å². The summed E-state index contributed by atoms with van der Waals surface area (Å²) >= 11 is 0. The molecule has 0 atom stereocenters. The Kier molecular flexibility index (Phi) is 5.23. The lowest BCUT2D eigenvalue weighted by molar-refractivity contribution is -0.385. The van der Waals surface area contributed by atoms with Crippen molar-refractivity contribution >= 4 is 21.4 Å². The molecule has 1 rings (SSSR count). The average molecular weight is 318 g/mol. The molecule has 0 saturated heterocycles. The van der Waals surface area contributed by atoms with E-state index in [0.29, 0.717) is 0 Å². The number of ether oxygens (including phenoxy) is 1. The summed E-state index contributed by atoms with van der Waals surface area (Å²) in [5.74, 6) is 5.24. The van der Waals surface area contributed by atoms with Crippen LogP contribution in [0.5, 0.6) is 0 Å². The van der Waals surface area contributed by atoms with Gasteiger partial charge < -0.3 is 10.2 Å². The lowest BCUT2D eigenvalue weighted by atomic mass is 10.1. The Morgan fingerprint density at radius 3 is 2.52 bits per heavy atom. The SMILES string of the molecule is COC(C)(C)CNS(=O)(=O)c1cc([N+](=O)[O-])ccc1NN. The maximum atomic E-state index is 12.3. The van der Waals surface area contributed by atoms with Crippen LogP contribution >= 0.6 is 0 Å². The number of rotatable bonds is 7. The largest absolute Gasteiger partial charge is 0.377 e. The second kappa shape index (κ2) is 6.35. The zero-order valence-electron chi connectivity index (χ0n) is 11.9. The number of hydrogen-bond acceptors (Lipinski definition) is 7. The molecule has 0 heterocycles. The van der Waals surface area contributed by atoms with Crippen molar-refractivity contribution in [1.82, 2.24) is 4.72 Å². The van der Waals surface area contributed by atoms with Gasteiger partial charge in [0.2, 0.25) is 10.0 Å². The normalized spacial score (nSPS) is 12.2. The second-order valence-corrected chi connectivity index (χ2v) is 6.61. The van der Waals surface area contributed by atoms with Gasteiger partial charge in [-0.3, -0.25) is 16.0 Å². The zero-order valence-corrected chi connectivity index (χ0v) is 12.7. The third-order valence-corrected chi connectivity index (χ3v) is 4.30. The molecule has 1 aromatic rings. The predicted molar refractivity (Wildman–Crippen MR) is 77.2 cm³/mol. The molecule has 21 heavy (non-hydrogen) atoms. The van der Waals surface area contributed by atoms with Gasteiger partial charge in [0.05, 0.1) is 16.2 Å². The van der Waals surface area contributed by atoms with Crippen LogP contribution in [-0.2, 0) is 14.8 Å². The number of nitrogens with one attached hydrogen (secondary N) is 2. The van der Waals surface area contributed by atoms with Crippen LogP contribution < -0.4 is 16.0 Å². The van der Waals surface area contributed by atoms with Gasteiger partial charge >= 0.3 is 0 Å². The van der Waals surface area contributed by atoms with Crippen LogP contribution in [0.2, 0.25) is 0 Å². The van der Waals surface area contributed by atoms with E-state index in [1.54, 1.807) is 13.8 Å². The average Bonchev–Trinajstić information content (AvgIpc) is 2.44. The van der Waals surface area contributed by atoms with E-state index in [2.05, 4.69) is 10.1 Å². The van der Waals surface area contributed by atoms with Crippen LogP contribution in [0, 0.1) is 10.1 Å². The van der Waals surface area contributed by atoms with Gasteiger partial charge in [0.25, 0.3) is 5.69 Å². The Morgan fingerprint density at radius 2 is 2.05 bits per heavy atom. The lowest BCUT2D eigenvalue weighted by Gasteiger charge is -2.23. The number of sulfonamides is 1. The van der Waals surface area contributed by atoms with Gasteiger partial charge in [-0.15, -0.1) is 0 Å². The van der Waals surface area contributed by atoms with Crippen LogP contribution in [0.4, 0.5) is 11.4 Å². The van der Waals surface area contributed by atoms with Gasteiger partial charge in [0.15, 0.2) is 0 Å². The van der Waals surface area contributed by atoms with Crippen molar-refractivity contribution in [1.29, 1.82) is 0 Å². The minimum Gasteiger partial charge on any atom is -0.377 e. The third-order valence-electron chi connectivity index (χ3n) is 2.86. The van der Waals surface area contributed by atoms with Crippen LogP contribution in [-0.4, -0.2) is 32.6 Å². The Labute approximate surface area is 122 Å². The molecular weight excluding hydrogens is 300 g/mol. The molecule has 4 N–H and O–H groups in total. The van der Waals surface area contributed by atoms with Gasteiger partial charge in [-0.25, -0.2) is 13.1 Å². The van der Waals surface area contributed by atoms with Crippen molar-refractivity contribution in [2.24, 2.45) is 5.84 Å². The molecule has 0 unspecified atom stereocenters. The van der Waals surface area contributed by atoms with Crippen molar-refractivity contribution in [2.75, 3.05) is 19.1 Å². The summed E-state index contributed by atoms with van der Waals surface area (Å²) in [5, 5.41) is 10.8. The molecule has 9 nitrogen and oxygen atoms in total. The summed E-state index contributed by atoms with van der Waals surface area (Å²) in [7, 11) is -2.53. The summed E-state index contributed by atoms with van der Waals surface area (Å²) in [4.78, 5) is 9.78. The maximum Gasteiger partial charge on any atom is 0.270 e. The molecular formula is C11H18N4O5S. The molecule has 118 valence electrons. The molecule has 0 fully saturated rings. The highest BCUT2D eigenvalue weighted by atomic mass is 32.2. The first-order valence-corrected chi connectivity index (χ1v) is 7.41. The van der Waals surface area contributed by atoms with Crippen LogP contribution in [0.1, 0.15) is 13.8 Å². The molecule has 0 aromatic heterocycles. The van der Waals surface area contributed by atoms with E-state index in [9.17, 15) is 18.5 Å². The first kappa shape index (κ1) is 17.3. The number of nitro benzene ring substituents is 1. The zero-order chi connectivity index (χ0) is 16.3. The van der Waals surface area contributed by atoms with E-state index in [1.165, 1.54) is 13.2 Å². The number of methoxy groups -OCH3 is 1. The fraction of sp³-hybridized carbons (Fsp3) is 0.455. The first-order chi connectivity index (χ1) is 9.63. The quantitative estimate of drug-likeness (QED) is 0.380. The van der Waals surface area contributed by atoms with E-state index >= 15 is 0 Å². The highest BCUT2D eigenvalue weighted by molar-refractivity contribution is 7.89. The number of hydrazine groups is 1. The van der Waals surface area contributed by atoms with E-state index in [-0.39, 0.29) is 22.8 Å². The first-order valence-electron chi connectivity index (χ1n) is 5.93. The number of non-ortho nitro benzene ring substituents is 1. The number of nitrogen functional groups attached to an aromatic ring is 1. The lowest BCUT2D eigenvalue weighted by Crippen LogP contribution is -2.39. The predicted octanol–water partition coefficient (Wildman–Crippen LogP) is 0.584. The number of nitrogens with zero attached hydrogens (tertiary/aromatic N) is 1. The summed E-state index contributed by atoms with van der Waals surface area (Å²) in [6.07, 6.45) is 0. The topological polar surface area (TPSA) is 137 Å². The highest BCUT2D eigenvalue weighted by Gasteiger charge is 2.25.